The summed E-state index contributed by atoms with van der Waals surface area (Å²) in [5.41, 5.74) is 0. The van der Waals surface area contributed by atoms with Crippen LogP contribution in [0.3, 0.4) is 0 Å². The van der Waals surface area contributed by atoms with Crippen molar-refractivity contribution in [2.75, 3.05) is 46.9 Å². The number of fused-ring (bicyclic) bond motifs is 2. The van der Waals surface area contributed by atoms with Crippen LogP contribution >= 0.6 is 0 Å². The molecule has 3 atom stereocenters. The molecular formula is C16H29N3O2. The molecule has 3 aliphatic heterocycles. The predicted octanol–water partition coefficient (Wildman–Crippen LogP) is 0.792. The van der Waals surface area contributed by atoms with Crippen LogP contribution < -0.4 is 0 Å². The number of carbonyl (C=O) groups excluding carboxylic acids is 1. The molecule has 0 radical (unpaired) electrons. The van der Waals surface area contributed by atoms with Gasteiger partial charge in [0, 0.05) is 32.3 Å². The number of rotatable bonds is 3. The summed E-state index contributed by atoms with van der Waals surface area (Å²) in [6.45, 7) is 4.91. The van der Waals surface area contributed by atoms with E-state index in [0.717, 1.165) is 39.0 Å². The van der Waals surface area contributed by atoms with Gasteiger partial charge < -0.3 is 14.5 Å². The van der Waals surface area contributed by atoms with E-state index in [1.807, 2.05) is 0 Å². The highest BCUT2D eigenvalue weighted by atomic mass is 16.5. The van der Waals surface area contributed by atoms with Gasteiger partial charge in [0.05, 0.1) is 12.6 Å². The van der Waals surface area contributed by atoms with E-state index in [1.54, 1.807) is 7.11 Å². The van der Waals surface area contributed by atoms with E-state index in [0.29, 0.717) is 30.6 Å². The topological polar surface area (TPSA) is 36.0 Å². The van der Waals surface area contributed by atoms with Crippen LogP contribution in [0.15, 0.2) is 0 Å². The number of likely N-dealkylation sites (N-methyl/N-ethyl adjacent to an activating group) is 1. The van der Waals surface area contributed by atoms with Crippen molar-refractivity contribution >= 4 is 5.91 Å². The van der Waals surface area contributed by atoms with Crippen LogP contribution in [0.1, 0.15) is 32.1 Å². The molecule has 0 saturated carbocycles. The lowest BCUT2D eigenvalue weighted by atomic mass is 9.99. The molecule has 5 heteroatoms. The second kappa shape index (κ2) is 6.63. The van der Waals surface area contributed by atoms with Crippen molar-refractivity contribution in [1.29, 1.82) is 0 Å². The monoisotopic (exact) mass is 295 g/mol. The van der Waals surface area contributed by atoms with Crippen molar-refractivity contribution in [3.63, 3.8) is 0 Å². The third kappa shape index (κ3) is 3.41. The van der Waals surface area contributed by atoms with E-state index in [-0.39, 0.29) is 0 Å². The number of amides is 1. The number of methoxy groups -OCH3 is 1. The Kier molecular flexibility index (Phi) is 4.82. The lowest BCUT2D eigenvalue weighted by molar-refractivity contribution is -0.139. The molecule has 3 fully saturated rings. The molecule has 0 aliphatic carbocycles. The van der Waals surface area contributed by atoms with E-state index >= 15 is 0 Å². The maximum absolute atomic E-state index is 12.7. The maximum Gasteiger partial charge on any atom is 0.237 e. The summed E-state index contributed by atoms with van der Waals surface area (Å²) in [6.07, 6.45) is 5.92. The first kappa shape index (κ1) is 15.3. The fourth-order valence-electron chi connectivity index (χ4n) is 4.26. The van der Waals surface area contributed by atoms with Gasteiger partial charge in [-0.3, -0.25) is 9.69 Å². The van der Waals surface area contributed by atoms with Crippen molar-refractivity contribution in [3.8, 4) is 0 Å². The molecule has 3 aliphatic rings. The molecule has 0 spiro atoms. The van der Waals surface area contributed by atoms with Crippen molar-refractivity contribution in [1.82, 2.24) is 14.7 Å². The van der Waals surface area contributed by atoms with Gasteiger partial charge in [-0.2, -0.15) is 0 Å². The third-order valence-electron chi connectivity index (χ3n) is 5.48. The molecule has 5 nitrogen and oxygen atoms in total. The molecule has 2 bridgehead atoms. The first-order chi connectivity index (χ1) is 10.2. The highest BCUT2D eigenvalue weighted by Crippen LogP contribution is 2.36. The third-order valence-corrected chi connectivity index (χ3v) is 5.48. The SMILES string of the molecule is COC1C[C@H]2CC[C@@H](C1)N2C(=O)CN1CCCN(C)CC1. The Labute approximate surface area is 128 Å². The van der Waals surface area contributed by atoms with Gasteiger partial charge in [0.25, 0.3) is 0 Å². The summed E-state index contributed by atoms with van der Waals surface area (Å²) in [5, 5.41) is 0. The fourth-order valence-corrected chi connectivity index (χ4v) is 4.26. The summed E-state index contributed by atoms with van der Waals surface area (Å²) in [7, 11) is 3.97. The molecule has 0 N–H and O–H groups in total. The highest BCUT2D eigenvalue weighted by molar-refractivity contribution is 5.79. The van der Waals surface area contributed by atoms with E-state index < -0.39 is 0 Å². The van der Waals surface area contributed by atoms with Gasteiger partial charge in [-0.1, -0.05) is 0 Å². The van der Waals surface area contributed by atoms with Crippen molar-refractivity contribution in [3.05, 3.63) is 0 Å². The lowest BCUT2D eigenvalue weighted by Crippen LogP contribution is -2.51. The molecule has 0 aromatic carbocycles. The number of nitrogens with zero attached hydrogens (tertiary/aromatic N) is 3. The molecule has 3 heterocycles. The summed E-state index contributed by atoms with van der Waals surface area (Å²) in [5.74, 6) is 0.349. The molecule has 120 valence electrons. The van der Waals surface area contributed by atoms with Crippen molar-refractivity contribution in [2.45, 2.75) is 50.3 Å². The number of hydrogen-bond acceptors (Lipinski definition) is 4. The summed E-state index contributed by atoms with van der Waals surface area (Å²) in [4.78, 5) is 19.6. The summed E-state index contributed by atoms with van der Waals surface area (Å²) < 4.78 is 5.52. The second-order valence-electron chi connectivity index (χ2n) is 6.95. The highest BCUT2D eigenvalue weighted by Gasteiger charge is 2.43. The Morgan fingerprint density at radius 1 is 1.10 bits per heavy atom. The van der Waals surface area contributed by atoms with Crippen LogP contribution in [-0.4, -0.2) is 85.7 Å². The van der Waals surface area contributed by atoms with Crippen LogP contribution in [-0.2, 0) is 9.53 Å². The Hall–Kier alpha value is -0.650. The molecule has 3 rings (SSSR count). The number of piperidine rings is 1. The van der Waals surface area contributed by atoms with Crippen molar-refractivity contribution in [2.24, 2.45) is 0 Å². The van der Waals surface area contributed by atoms with Crippen molar-refractivity contribution < 1.29 is 9.53 Å². The zero-order chi connectivity index (χ0) is 14.8. The number of carbonyl (C=O) groups is 1. The van der Waals surface area contributed by atoms with Gasteiger partial charge in [-0.05, 0) is 52.2 Å². The minimum Gasteiger partial charge on any atom is -0.381 e. The molecule has 0 aromatic rings. The largest absolute Gasteiger partial charge is 0.381 e. The van der Waals surface area contributed by atoms with Gasteiger partial charge in [0.2, 0.25) is 5.91 Å². The molecule has 0 aromatic heterocycles. The minimum absolute atomic E-state index is 0.349. The zero-order valence-electron chi connectivity index (χ0n) is 13.5. The summed E-state index contributed by atoms with van der Waals surface area (Å²) >= 11 is 0. The number of ether oxygens (including phenoxy) is 1. The van der Waals surface area contributed by atoms with Gasteiger partial charge in [0.1, 0.15) is 0 Å². The second-order valence-corrected chi connectivity index (χ2v) is 6.95. The average Bonchev–Trinajstić information content (AvgIpc) is 2.64. The Bertz CT molecular complexity index is 363. The Morgan fingerprint density at radius 3 is 2.48 bits per heavy atom. The fraction of sp³-hybridized carbons (Fsp3) is 0.938. The van der Waals surface area contributed by atoms with Crippen LogP contribution in [0.25, 0.3) is 0 Å². The molecular weight excluding hydrogens is 266 g/mol. The van der Waals surface area contributed by atoms with Gasteiger partial charge in [0.15, 0.2) is 0 Å². The lowest BCUT2D eigenvalue weighted by Gasteiger charge is -2.39. The van der Waals surface area contributed by atoms with E-state index in [1.165, 1.54) is 19.3 Å². The first-order valence-electron chi connectivity index (χ1n) is 8.42. The molecule has 21 heavy (non-hydrogen) atoms. The van der Waals surface area contributed by atoms with E-state index in [9.17, 15) is 4.79 Å². The normalized spacial score (nSPS) is 35.0. The van der Waals surface area contributed by atoms with Crippen LogP contribution in [0.4, 0.5) is 0 Å². The minimum atomic E-state index is 0.349. The predicted molar refractivity (Wildman–Crippen MR) is 82.2 cm³/mol. The average molecular weight is 295 g/mol. The van der Waals surface area contributed by atoms with Crippen LogP contribution in [0.5, 0.6) is 0 Å². The summed E-state index contributed by atoms with van der Waals surface area (Å²) in [6, 6.07) is 0.853. The van der Waals surface area contributed by atoms with Gasteiger partial charge in [-0.15, -0.1) is 0 Å². The molecule has 1 unspecified atom stereocenters. The van der Waals surface area contributed by atoms with E-state index in [4.69, 9.17) is 4.74 Å². The van der Waals surface area contributed by atoms with Crippen LogP contribution in [0, 0.1) is 0 Å². The Morgan fingerprint density at radius 2 is 1.81 bits per heavy atom. The first-order valence-corrected chi connectivity index (χ1v) is 8.42. The van der Waals surface area contributed by atoms with Crippen LogP contribution in [0.2, 0.25) is 0 Å². The molecule has 1 amide bonds. The Balaban J connectivity index is 1.56. The zero-order valence-corrected chi connectivity index (χ0v) is 13.5. The standard InChI is InChI=1S/C16H29N3O2/c1-17-6-3-7-18(9-8-17)12-16(20)19-13-4-5-14(19)11-15(10-13)21-2/h13-15H,3-12H2,1-2H3/t13-,14+,15?. The van der Waals surface area contributed by atoms with E-state index in [2.05, 4.69) is 21.7 Å². The smallest absolute Gasteiger partial charge is 0.237 e. The quantitative estimate of drug-likeness (QED) is 0.771. The number of hydrogen-bond donors (Lipinski definition) is 0. The van der Waals surface area contributed by atoms with Gasteiger partial charge >= 0.3 is 0 Å². The van der Waals surface area contributed by atoms with Gasteiger partial charge in [-0.25, -0.2) is 0 Å². The molecule has 3 saturated heterocycles. The maximum atomic E-state index is 12.7.